The van der Waals surface area contributed by atoms with E-state index in [9.17, 15) is 18.0 Å². The third kappa shape index (κ3) is 2.81. The number of benzene rings is 1. The second-order valence-electron chi connectivity index (χ2n) is 4.76. The van der Waals surface area contributed by atoms with Crippen molar-refractivity contribution in [3.8, 4) is 0 Å². The van der Waals surface area contributed by atoms with Gasteiger partial charge in [-0.15, -0.1) is 0 Å². The van der Waals surface area contributed by atoms with Crippen molar-refractivity contribution >= 4 is 43.5 Å². The van der Waals surface area contributed by atoms with Crippen LogP contribution in [0.3, 0.4) is 0 Å². The van der Waals surface area contributed by atoms with E-state index >= 15 is 0 Å². The van der Waals surface area contributed by atoms with Gasteiger partial charge in [-0.25, -0.2) is 8.42 Å². The number of anilines is 1. The fourth-order valence-corrected chi connectivity index (χ4v) is 4.51. The molecule has 1 aliphatic heterocycles. The molecule has 2 rings (SSSR count). The van der Waals surface area contributed by atoms with Crippen molar-refractivity contribution < 1.29 is 18.0 Å². The summed E-state index contributed by atoms with van der Waals surface area (Å²) in [7, 11) is -4.01. The van der Waals surface area contributed by atoms with Crippen LogP contribution in [-0.2, 0) is 19.6 Å². The van der Waals surface area contributed by atoms with E-state index < -0.39 is 34.4 Å². The number of nitrogen functional groups attached to an aromatic ring is 1. The highest BCUT2D eigenvalue weighted by molar-refractivity contribution is 9.10. The highest BCUT2D eigenvalue weighted by atomic mass is 79.9. The Morgan fingerprint density at radius 1 is 1.38 bits per heavy atom. The van der Waals surface area contributed by atoms with Crippen molar-refractivity contribution in [2.75, 3.05) is 12.3 Å². The fourth-order valence-electron chi connectivity index (χ4n) is 2.05. The summed E-state index contributed by atoms with van der Waals surface area (Å²) in [6.07, 6.45) is 0. The van der Waals surface area contributed by atoms with Gasteiger partial charge in [0.15, 0.2) is 0 Å². The lowest BCUT2D eigenvalue weighted by Crippen LogP contribution is -2.58. The van der Waals surface area contributed by atoms with Gasteiger partial charge in [0, 0.05) is 10.2 Å². The smallest absolute Gasteiger partial charge is 0.244 e. The predicted octanol–water partition coefficient (Wildman–Crippen LogP) is 0.375. The van der Waals surface area contributed by atoms with Crippen LogP contribution < -0.4 is 11.1 Å². The number of piperazine rings is 1. The zero-order valence-corrected chi connectivity index (χ0v) is 13.8. The van der Waals surface area contributed by atoms with Crippen LogP contribution in [0.15, 0.2) is 21.5 Å². The van der Waals surface area contributed by atoms with Crippen LogP contribution in [0, 0.1) is 6.92 Å². The van der Waals surface area contributed by atoms with Gasteiger partial charge in [-0.2, -0.15) is 4.31 Å². The number of carbonyl (C=O) groups is 2. The van der Waals surface area contributed by atoms with Gasteiger partial charge >= 0.3 is 0 Å². The normalized spacial score (nSPS) is 20.4. The lowest BCUT2D eigenvalue weighted by atomic mass is 10.2. The quantitative estimate of drug-likeness (QED) is 0.573. The standard InChI is InChI=1S/C12H14BrN3O4S/c1-6-9(14)3-8(13)4-10(6)21(19,20)16-5-11(17)15-12(18)7(16)2/h3-4,7H,5,14H2,1-2H3,(H,15,17,18). The molecule has 7 nitrogen and oxygen atoms in total. The second kappa shape index (κ2) is 5.39. The zero-order valence-electron chi connectivity index (χ0n) is 11.4. The number of amides is 2. The molecule has 1 atom stereocenters. The first-order valence-electron chi connectivity index (χ1n) is 6.05. The molecule has 1 saturated heterocycles. The van der Waals surface area contributed by atoms with E-state index in [0.717, 1.165) is 4.31 Å². The Bertz CT molecular complexity index is 732. The van der Waals surface area contributed by atoms with Gasteiger partial charge in [-0.3, -0.25) is 14.9 Å². The summed E-state index contributed by atoms with van der Waals surface area (Å²) in [5, 5.41) is 2.10. The first-order chi connectivity index (χ1) is 9.64. The van der Waals surface area contributed by atoms with Crippen molar-refractivity contribution in [1.82, 2.24) is 9.62 Å². The number of hydrogen-bond donors (Lipinski definition) is 2. The van der Waals surface area contributed by atoms with Crippen molar-refractivity contribution in [3.63, 3.8) is 0 Å². The number of nitrogens with two attached hydrogens (primary N) is 1. The average molecular weight is 376 g/mol. The molecule has 21 heavy (non-hydrogen) atoms. The van der Waals surface area contributed by atoms with Crippen LogP contribution >= 0.6 is 15.9 Å². The number of sulfonamides is 1. The molecule has 114 valence electrons. The molecule has 9 heteroatoms. The summed E-state index contributed by atoms with van der Waals surface area (Å²) < 4.78 is 26.8. The summed E-state index contributed by atoms with van der Waals surface area (Å²) in [6, 6.07) is 2.03. The van der Waals surface area contributed by atoms with Crippen molar-refractivity contribution in [2.24, 2.45) is 0 Å². The summed E-state index contributed by atoms with van der Waals surface area (Å²) >= 11 is 3.19. The second-order valence-corrected chi connectivity index (χ2v) is 7.53. The SMILES string of the molecule is Cc1c(N)cc(Br)cc1S(=O)(=O)N1CC(=O)NC(=O)C1C. The van der Waals surface area contributed by atoms with E-state index in [2.05, 4.69) is 21.2 Å². The van der Waals surface area contributed by atoms with E-state index in [-0.39, 0.29) is 4.90 Å². The summed E-state index contributed by atoms with van der Waals surface area (Å²) in [5.41, 5.74) is 6.46. The first-order valence-corrected chi connectivity index (χ1v) is 8.29. The summed E-state index contributed by atoms with van der Waals surface area (Å²) in [4.78, 5) is 23.1. The molecule has 0 bridgehead atoms. The molecule has 2 amide bonds. The Labute approximate surface area is 130 Å². The number of imide groups is 1. The third-order valence-electron chi connectivity index (χ3n) is 3.33. The lowest BCUT2D eigenvalue weighted by molar-refractivity contribution is -0.136. The van der Waals surface area contributed by atoms with Gasteiger partial charge in [-0.1, -0.05) is 15.9 Å². The topological polar surface area (TPSA) is 110 Å². The minimum absolute atomic E-state index is 0.0243. The molecule has 0 spiro atoms. The van der Waals surface area contributed by atoms with Gasteiger partial charge in [0.25, 0.3) is 0 Å². The van der Waals surface area contributed by atoms with Crippen LogP contribution in [0.5, 0.6) is 0 Å². The molecule has 0 aromatic heterocycles. The average Bonchev–Trinajstić information content (AvgIpc) is 2.37. The van der Waals surface area contributed by atoms with Crippen molar-refractivity contribution in [3.05, 3.63) is 22.2 Å². The minimum Gasteiger partial charge on any atom is -0.398 e. The molecule has 0 aliphatic carbocycles. The number of carbonyl (C=O) groups excluding carboxylic acids is 2. The number of hydrogen-bond acceptors (Lipinski definition) is 5. The maximum absolute atomic E-state index is 12.7. The van der Waals surface area contributed by atoms with Crippen LogP contribution in [0.2, 0.25) is 0 Å². The van der Waals surface area contributed by atoms with Crippen LogP contribution in [0.4, 0.5) is 5.69 Å². The highest BCUT2D eigenvalue weighted by Crippen LogP contribution is 2.29. The molecule has 1 unspecified atom stereocenters. The van der Waals surface area contributed by atoms with E-state index in [1.54, 1.807) is 13.0 Å². The van der Waals surface area contributed by atoms with Gasteiger partial charge in [0.2, 0.25) is 21.8 Å². The zero-order chi connectivity index (χ0) is 15.9. The minimum atomic E-state index is -4.01. The Kier molecular flexibility index (Phi) is 4.09. The van der Waals surface area contributed by atoms with E-state index in [1.807, 2.05) is 0 Å². The molecule has 1 aromatic carbocycles. The molecular formula is C12H14BrN3O4S. The lowest BCUT2D eigenvalue weighted by Gasteiger charge is -2.31. The van der Waals surface area contributed by atoms with E-state index in [1.165, 1.54) is 13.0 Å². The Morgan fingerprint density at radius 3 is 2.62 bits per heavy atom. The molecule has 1 aromatic rings. The molecule has 1 heterocycles. The highest BCUT2D eigenvalue weighted by Gasteiger charge is 2.39. The van der Waals surface area contributed by atoms with Gasteiger partial charge < -0.3 is 5.73 Å². The summed E-state index contributed by atoms with van der Waals surface area (Å²) in [6.45, 7) is 2.60. The Hall–Kier alpha value is -1.45. The Balaban J connectivity index is 2.57. The maximum Gasteiger partial charge on any atom is 0.244 e. The van der Waals surface area contributed by atoms with Gasteiger partial charge in [0.05, 0.1) is 11.4 Å². The van der Waals surface area contributed by atoms with E-state index in [4.69, 9.17) is 5.73 Å². The Morgan fingerprint density at radius 2 is 2.00 bits per heavy atom. The largest absolute Gasteiger partial charge is 0.398 e. The van der Waals surface area contributed by atoms with Crippen molar-refractivity contribution in [1.29, 1.82) is 0 Å². The molecular weight excluding hydrogens is 362 g/mol. The fraction of sp³-hybridized carbons (Fsp3) is 0.333. The molecule has 0 saturated carbocycles. The van der Waals surface area contributed by atoms with Crippen LogP contribution in [0.25, 0.3) is 0 Å². The summed E-state index contributed by atoms with van der Waals surface area (Å²) in [5.74, 6) is -1.29. The number of rotatable bonds is 2. The molecule has 1 aliphatic rings. The number of halogens is 1. The van der Waals surface area contributed by atoms with Crippen LogP contribution in [0.1, 0.15) is 12.5 Å². The monoisotopic (exact) mass is 375 g/mol. The molecule has 1 fully saturated rings. The molecule has 3 N–H and O–H groups in total. The predicted molar refractivity (Wildman–Crippen MR) is 79.8 cm³/mol. The van der Waals surface area contributed by atoms with Gasteiger partial charge in [-0.05, 0) is 31.5 Å². The van der Waals surface area contributed by atoms with E-state index in [0.29, 0.717) is 15.7 Å². The number of nitrogens with one attached hydrogen (secondary N) is 1. The maximum atomic E-state index is 12.7. The molecule has 0 radical (unpaired) electrons. The first kappa shape index (κ1) is 15.9. The number of nitrogens with zero attached hydrogens (tertiary/aromatic N) is 1. The third-order valence-corrected chi connectivity index (χ3v) is 5.83. The van der Waals surface area contributed by atoms with Crippen molar-refractivity contribution in [2.45, 2.75) is 24.8 Å². The van der Waals surface area contributed by atoms with Gasteiger partial charge in [0.1, 0.15) is 6.04 Å². The van der Waals surface area contributed by atoms with Crippen LogP contribution in [-0.4, -0.2) is 37.1 Å².